The maximum Gasteiger partial charge on any atom is 0.277 e. The highest BCUT2D eigenvalue weighted by Gasteiger charge is 2.27. The summed E-state index contributed by atoms with van der Waals surface area (Å²) in [6, 6.07) is 10.3. The Morgan fingerprint density at radius 2 is 1.84 bits per heavy atom. The smallest absolute Gasteiger partial charge is 0.277 e. The van der Waals surface area contributed by atoms with Crippen LogP contribution in [0.15, 0.2) is 60.7 Å². The van der Waals surface area contributed by atoms with Crippen molar-refractivity contribution in [3.05, 3.63) is 47.7 Å². The molecule has 166 valence electrons. The maximum atomic E-state index is 12.9. The van der Waals surface area contributed by atoms with Gasteiger partial charge in [0, 0.05) is 18.7 Å². The van der Waals surface area contributed by atoms with Crippen molar-refractivity contribution in [2.75, 3.05) is 26.3 Å². The number of thioether (sulfide) groups is 1. The number of nitrogens with zero attached hydrogens (tertiary/aromatic N) is 5. The van der Waals surface area contributed by atoms with E-state index in [9.17, 15) is 8.42 Å². The van der Waals surface area contributed by atoms with Gasteiger partial charge in [0.2, 0.25) is 21.8 Å². The first-order valence-corrected chi connectivity index (χ1v) is 12.9. The molecule has 4 aromatic rings. The van der Waals surface area contributed by atoms with Crippen molar-refractivity contribution in [2.45, 2.75) is 15.9 Å². The minimum atomic E-state index is -3.62. The quantitative estimate of drug-likeness (QED) is 0.356. The number of sulfonamides is 1. The summed E-state index contributed by atoms with van der Waals surface area (Å²) in [7, 11) is -3.62. The van der Waals surface area contributed by atoms with Gasteiger partial charge in [-0.3, -0.25) is 0 Å². The van der Waals surface area contributed by atoms with Crippen molar-refractivity contribution in [1.29, 1.82) is 0 Å². The number of morpholine rings is 1. The van der Waals surface area contributed by atoms with E-state index < -0.39 is 10.0 Å². The first-order chi connectivity index (χ1) is 15.6. The molecule has 0 N–H and O–H groups in total. The number of rotatable bonds is 7. The molecule has 1 fully saturated rings. The van der Waals surface area contributed by atoms with Gasteiger partial charge in [0.1, 0.15) is 0 Å². The van der Waals surface area contributed by atoms with Gasteiger partial charge in [-0.1, -0.05) is 23.9 Å². The first kappa shape index (κ1) is 21.3. The Morgan fingerprint density at radius 1 is 1.00 bits per heavy atom. The normalized spacial score (nSPS) is 15.2. The summed E-state index contributed by atoms with van der Waals surface area (Å²) in [4.78, 5) is 1.08. The topological polar surface area (TPSA) is 124 Å². The molecular formula is C19H17N5O5S3. The molecule has 0 unspecified atom stereocenters. The van der Waals surface area contributed by atoms with Crippen LogP contribution in [-0.2, 0) is 20.5 Å². The molecule has 0 atom stereocenters. The van der Waals surface area contributed by atoms with Crippen molar-refractivity contribution in [3.8, 4) is 22.2 Å². The van der Waals surface area contributed by atoms with Gasteiger partial charge < -0.3 is 13.6 Å². The lowest BCUT2D eigenvalue weighted by atomic mass is 10.2. The van der Waals surface area contributed by atoms with Crippen molar-refractivity contribution in [1.82, 2.24) is 24.7 Å². The van der Waals surface area contributed by atoms with Gasteiger partial charge in [-0.05, 0) is 29.6 Å². The van der Waals surface area contributed by atoms with Crippen LogP contribution in [0.1, 0.15) is 5.89 Å². The average molecular weight is 492 g/mol. The molecule has 1 aliphatic rings. The second-order valence-corrected chi connectivity index (χ2v) is 10.5. The molecule has 10 nitrogen and oxygen atoms in total. The fraction of sp³-hybridized carbons (Fsp3) is 0.263. The van der Waals surface area contributed by atoms with Gasteiger partial charge in [0.05, 0.1) is 28.7 Å². The van der Waals surface area contributed by atoms with Gasteiger partial charge in [-0.15, -0.1) is 31.7 Å². The summed E-state index contributed by atoms with van der Waals surface area (Å²) in [6.45, 7) is 1.44. The summed E-state index contributed by atoms with van der Waals surface area (Å²) in [5.74, 6) is 1.51. The van der Waals surface area contributed by atoms with Crippen LogP contribution in [0.2, 0.25) is 0 Å². The molecule has 5 rings (SSSR count). The second-order valence-electron chi connectivity index (χ2n) is 6.68. The summed E-state index contributed by atoms with van der Waals surface area (Å²) in [5.41, 5.74) is 0.524. The predicted molar refractivity (Wildman–Crippen MR) is 116 cm³/mol. The van der Waals surface area contributed by atoms with E-state index in [-0.39, 0.29) is 10.8 Å². The highest BCUT2D eigenvalue weighted by atomic mass is 32.2. The third-order valence-electron chi connectivity index (χ3n) is 4.61. The molecule has 0 amide bonds. The number of hydrogen-bond acceptors (Lipinski definition) is 11. The molecular weight excluding hydrogens is 474 g/mol. The van der Waals surface area contributed by atoms with E-state index in [4.69, 9.17) is 13.6 Å². The predicted octanol–water partition coefficient (Wildman–Crippen LogP) is 3.16. The average Bonchev–Trinajstić information content (AvgIpc) is 3.60. The fourth-order valence-electron chi connectivity index (χ4n) is 3.05. The molecule has 3 aromatic heterocycles. The van der Waals surface area contributed by atoms with E-state index in [1.807, 2.05) is 17.5 Å². The van der Waals surface area contributed by atoms with E-state index in [0.717, 1.165) is 4.88 Å². The zero-order valence-corrected chi connectivity index (χ0v) is 19.0. The molecule has 1 saturated heterocycles. The van der Waals surface area contributed by atoms with Crippen molar-refractivity contribution >= 4 is 33.1 Å². The second kappa shape index (κ2) is 9.11. The Bertz CT molecular complexity index is 1300. The molecule has 0 aliphatic carbocycles. The molecule has 0 saturated carbocycles. The summed E-state index contributed by atoms with van der Waals surface area (Å²) in [6.07, 6.45) is 0. The van der Waals surface area contributed by atoms with Crippen LogP contribution in [0, 0.1) is 0 Å². The van der Waals surface area contributed by atoms with Gasteiger partial charge in [-0.25, -0.2) is 8.42 Å². The van der Waals surface area contributed by atoms with Crippen molar-refractivity contribution < 1.29 is 22.0 Å². The van der Waals surface area contributed by atoms with E-state index >= 15 is 0 Å². The van der Waals surface area contributed by atoms with E-state index in [1.54, 1.807) is 18.2 Å². The maximum absolute atomic E-state index is 12.9. The van der Waals surface area contributed by atoms with E-state index in [0.29, 0.717) is 54.6 Å². The first-order valence-electron chi connectivity index (χ1n) is 9.60. The molecule has 1 aromatic carbocycles. The Hall–Kier alpha value is -2.58. The van der Waals surface area contributed by atoms with Gasteiger partial charge in [-0.2, -0.15) is 4.31 Å². The third kappa shape index (κ3) is 4.47. The van der Waals surface area contributed by atoms with Gasteiger partial charge >= 0.3 is 0 Å². The minimum absolute atomic E-state index is 0.177. The van der Waals surface area contributed by atoms with Crippen LogP contribution in [0.4, 0.5) is 0 Å². The van der Waals surface area contributed by atoms with Crippen LogP contribution in [0.5, 0.6) is 0 Å². The van der Waals surface area contributed by atoms with Crippen LogP contribution < -0.4 is 0 Å². The largest absolute Gasteiger partial charge is 0.419 e. The van der Waals surface area contributed by atoms with E-state index in [1.165, 1.54) is 33.5 Å². The lowest BCUT2D eigenvalue weighted by Gasteiger charge is -2.26. The minimum Gasteiger partial charge on any atom is -0.419 e. The van der Waals surface area contributed by atoms with Crippen LogP contribution in [0.3, 0.4) is 0 Å². The lowest BCUT2D eigenvalue weighted by molar-refractivity contribution is 0.0730. The fourth-order valence-corrected chi connectivity index (χ4v) is 5.74. The summed E-state index contributed by atoms with van der Waals surface area (Å²) in [5, 5.41) is 18.4. The Kier molecular flexibility index (Phi) is 6.06. The van der Waals surface area contributed by atoms with Crippen LogP contribution in [0.25, 0.3) is 22.2 Å². The number of aromatic nitrogens is 4. The molecule has 32 heavy (non-hydrogen) atoms. The number of benzene rings is 1. The molecule has 1 aliphatic heterocycles. The van der Waals surface area contributed by atoms with Crippen LogP contribution >= 0.6 is 23.1 Å². The number of thiophene rings is 1. The lowest BCUT2D eigenvalue weighted by Crippen LogP contribution is -2.40. The summed E-state index contributed by atoms with van der Waals surface area (Å²) >= 11 is 2.78. The SMILES string of the molecule is O=S(=O)(c1cccc(-c2nnc(SCc3nnc(-c4cccs4)o3)o2)c1)N1CCOCC1. The molecule has 13 heteroatoms. The third-order valence-corrected chi connectivity index (χ3v) is 8.17. The van der Waals surface area contributed by atoms with Crippen molar-refractivity contribution in [3.63, 3.8) is 0 Å². The number of ether oxygens (including phenoxy) is 1. The Morgan fingerprint density at radius 3 is 2.66 bits per heavy atom. The Labute approximate surface area is 191 Å². The highest BCUT2D eigenvalue weighted by Crippen LogP contribution is 2.29. The van der Waals surface area contributed by atoms with Crippen LogP contribution in [-0.4, -0.2) is 59.4 Å². The zero-order valence-electron chi connectivity index (χ0n) is 16.6. The molecule has 0 bridgehead atoms. The van der Waals surface area contributed by atoms with Gasteiger partial charge in [0.15, 0.2) is 0 Å². The molecule has 0 spiro atoms. The Balaban J connectivity index is 1.28. The zero-order chi connectivity index (χ0) is 22.0. The number of hydrogen-bond donors (Lipinski definition) is 0. The van der Waals surface area contributed by atoms with E-state index in [2.05, 4.69) is 20.4 Å². The molecule has 4 heterocycles. The highest BCUT2D eigenvalue weighted by molar-refractivity contribution is 7.98. The van der Waals surface area contributed by atoms with Crippen molar-refractivity contribution in [2.24, 2.45) is 0 Å². The standard InChI is InChI=1S/C19H17N5O5S3/c25-32(26,24-6-8-27-9-7-24)14-4-1-3-13(11-14)17-21-23-19(29-17)31-12-16-20-22-18(28-16)15-5-2-10-30-15/h1-5,10-11H,6-9,12H2. The molecule has 0 radical (unpaired) electrons. The van der Waals surface area contributed by atoms with Gasteiger partial charge in [0.25, 0.3) is 11.1 Å². The summed E-state index contributed by atoms with van der Waals surface area (Å²) < 4.78 is 43.8. The monoisotopic (exact) mass is 491 g/mol.